The lowest BCUT2D eigenvalue weighted by atomic mass is 10.1. The third kappa shape index (κ3) is 3.47. The van der Waals surface area contributed by atoms with Crippen molar-refractivity contribution in [2.75, 3.05) is 25.5 Å². The van der Waals surface area contributed by atoms with Gasteiger partial charge >= 0.3 is 0 Å². The normalized spacial score (nSPS) is 10.2. The highest BCUT2D eigenvalue weighted by molar-refractivity contribution is 6.00. The van der Waals surface area contributed by atoms with E-state index in [0.29, 0.717) is 0 Å². The van der Waals surface area contributed by atoms with Crippen molar-refractivity contribution in [3.8, 4) is 0 Å². The Bertz CT molecular complexity index is 670. The number of benzene rings is 1. The van der Waals surface area contributed by atoms with Gasteiger partial charge in [0, 0.05) is 24.7 Å². The second-order valence-corrected chi connectivity index (χ2v) is 4.46. The largest absolute Gasteiger partial charge is 0.385 e. The highest BCUT2D eigenvalue weighted by Gasteiger charge is 2.12. The van der Waals surface area contributed by atoms with Gasteiger partial charge in [0.15, 0.2) is 0 Å². The van der Waals surface area contributed by atoms with Gasteiger partial charge in [-0.15, -0.1) is 0 Å². The Kier molecular flexibility index (Phi) is 4.71. The van der Waals surface area contributed by atoms with Gasteiger partial charge in [-0.2, -0.15) is 0 Å². The minimum Gasteiger partial charge on any atom is -0.385 e. The number of aromatic nitrogens is 1. The summed E-state index contributed by atoms with van der Waals surface area (Å²) in [5.41, 5.74) is 1.88. The quantitative estimate of drug-likeness (QED) is 0.770. The van der Waals surface area contributed by atoms with Crippen LogP contribution in [-0.2, 0) is 4.79 Å². The monoisotopic (exact) mass is 286 g/mol. The molecular formula is C15H18N4O2. The van der Waals surface area contributed by atoms with Crippen LogP contribution in [0.15, 0.2) is 30.3 Å². The molecule has 1 aromatic heterocycles. The molecule has 0 aliphatic carbocycles. The molecule has 1 heterocycles. The zero-order valence-corrected chi connectivity index (χ0v) is 12.1. The molecule has 0 unspecified atom stereocenters. The lowest BCUT2D eigenvalue weighted by molar-refractivity contribution is -0.119. The summed E-state index contributed by atoms with van der Waals surface area (Å²) in [6.07, 6.45) is 0. The number of anilines is 1. The van der Waals surface area contributed by atoms with Gasteiger partial charge in [0.05, 0.1) is 12.1 Å². The molecule has 21 heavy (non-hydrogen) atoms. The van der Waals surface area contributed by atoms with Crippen LogP contribution >= 0.6 is 0 Å². The van der Waals surface area contributed by atoms with Crippen molar-refractivity contribution >= 4 is 28.4 Å². The Balaban J connectivity index is 2.31. The Morgan fingerprint density at radius 3 is 2.71 bits per heavy atom. The summed E-state index contributed by atoms with van der Waals surface area (Å²) in [6, 6.07) is 9.30. The molecule has 0 atom stereocenters. The fraction of sp³-hybridized carbons (Fsp3) is 0.267. The van der Waals surface area contributed by atoms with Crippen molar-refractivity contribution < 1.29 is 9.59 Å². The maximum atomic E-state index is 12.1. The number of likely N-dealkylation sites (N-methyl/N-ethyl adjacent to an activating group) is 1. The number of nitrogens with one attached hydrogen (secondary N) is 3. The first kappa shape index (κ1) is 14.8. The summed E-state index contributed by atoms with van der Waals surface area (Å²) >= 11 is 0. The van der Waals surface area contributed by atoms with Gasteiger partial charge < -0.3 is 16.0 Å². The van der Waals surface area contributed by atoms with E-state index in [1.54, 1.807) is 6.07 Å². The lowest BCUT2D eigenvalue weighted by Gasteiger charge is -2.10. The molecule has 0 saturated carbocycles. The first-order valence-corrected chi connectivity index (χ1v) is 6.78. The number of carbonyl (C=O) groups is 2. The van der Waals surface area contributed by atoms with Gasteiger partial charge in [-0.3, -0.25) is 9.59 Å². The van der Waals surface area contributed by atoms with Crippen LogP contribution in [0.1, 0.15) is 17.4 Å². The Morgan fingerprint density at radius 1 is 1.24 bits per heavy atom. The molecule has 110 valence electrons. The number of amides is 2. The number of nitrogens with zero attached hydrogens (tertiary/aromatic N) is 1. The molecule has 0 bridgehead atoms. The smallest absolute Gasteiger partial charge is 0.270 e. The molecule has 0 aliphatic rings. The molecule has 2 rings (SSSR count). The topological polar surface area (TPSA) is 83.1 Å². The standard InChI is InChI=1S/C15H18N4O2/c1-3-17-12-8-13(15(21)18-9-14(20)16-2)19-11-7-5-4-6-10(11)12/h4-8H,3,9H2,1-2H3,(H,16,20)(H,17,19)(H,18,21). The van der Waals surface area contributed by atoms with Crippen molar-refractivity contribution in [2.45, 2.75) is 6.92 Å². The molecule has 0 fully saturated rings. The number of hydrogen-bond donors (Lipinski definition) is 3. The summed E-state index contributed by atoms with van der Waals surface area (Å²) in [6.45, 7) is 2.66. The predicted octanol–water partition coefficient (Wildman–Crippen LogP) is 1.14. The van der Waals surface area contributed by atoms with E-state index >= 15 is 0 Å². The molecule has 3 N–H and O–H groups in total. The van der Waals surface area contributed by atoms with Crippen LogP contribution in [0.2, 0.25) is 0 Å². The fourth-order valence-corrected chi connectivity index (χ4v) is 1.97. The van der Waals surface area contributed by atoms with Crippen LogP contribution in [0.25, 0.3) is 10.9 Å². The maximum Gasteiger partial charge on any atom is 0.270 e. The van der Waals surface area contributed by atoms with Crippen molar-refractivity contribution in [3.05, 3.63) is 36.0 Å². The van der Waals surface area contributed by atoms with E-state index in [-0.39, 0.29) is 24.1 Å². The molecule has 1 aromatic carbocycles. The average Bonchev–Trinajstić information content (AvgIpc) is 2.52. The van der Waals surface area contributed by atoms with Crippen LogP contribution < -0.4 is 16.0 Å². The third-order valence-corrected chi connectivity index (χ3v) is 3.00. The predicted molar refractivity (Wildman–Crippen MR) is 82.3 cm³/mol. The number of rotatable bonds is 5. The van der Waals surface area contributed by atoms with Crippen molar-refractivity contribution in [3.63, 3.8) is 0 Å². The van der Waals surface area contributed by atoms with Crippen LogP contribution in [0.5, 0.6) is 0 Å². The molecule has 0 radical (unpaired) electrons. The molecule has 0 spiro atoms. The van der Waals surface area contributed by atoms with E-state index in [2.05, 4.69) is 20.9 Å². The minimum atomic E-state index is -0.372. The van der Waals surface area contributed by atoms with E-state index in [4.69, 9.17) is 0 Å². The number of carbonyl (C=O) groups excluding carboxylic acids is 2. The molecule has 6 nitrogen and oxygen atoms in total. The minimum absolute atomic E-state index is 0.0691. The molecule has 2 aromatic rings. The fourth-order valence-electron chi connectivity index (χ4n) is 1.97. The van der Waals surface area contributed by atoms with Gasteiger partial charge in [0.2, 0.25) is 5.91 Å². The van der Waals surface area contributed by atoms with Gasteiger partial charge in [-0.25, -0.2) is 4.98 Å². The summed E-state index contributed by atoms with van der Waals surface area (Å²) < 4.78 is 0. The first-order chi connectivity index (χ1) is 10.2. The summed E-state index contributed by atoms with van der Waals surface area (Å²) in [5.74, 6) is -0.625. The Hall–Kier alpha value is -2.63. The molecule has 6 heteroatoms. The van der Waals surface area contributed by atoms with E-state index in [1.165, 1.54) is 7.05 Å². The molecule has 0 saturated heterocycles. The second kappa shape index (κ2) is 6.69. The van der Waals surface area contributed by atoms with E-state index in [0.717, 1.165) is 23.1 Å². The first-order valence-electron chi connectivity index (χ1n) is 6.78. The SMILES string of the molecule is CCNc1cc(C(=O)NCC(=O)NC)nc2ccccc12. The van der Waals surface area contributed by atoms with E-state index in [9.17, 15) is 9.59 Å². The molecular weight excluding hydrogens is 268 g/mol. The summed E-state index contributed by atoms with van der Waals surface area (Å²) in [4.78, 5) is 27.6. The zero-order chi connectivity index (χ0) is 15.2. The Labute approximate surface area is 122 Å². The number of pyridine rings is 1. The third-order valence-electron chi connectivity index (χ3n) is 3.00. The zero-order valence-electron chi connectivity index (χ0n) is 12.1. The van der Waals surface area contributed by atoms with Gasteiger partial charge in [0.25, 0.3) is 5.91 Å². The van der Waals surface area contributed by atoms with Gasteiger partial charge in [-0.1, -0.05) is 18.2 Å². The van der Waals surface area contributed by atoms with Crippen LogP contribution in [0.4, 0.5) is 5.69 Å². The maximum absolute atomic E-state index is 12.1. The lowest BCUT2D eigenvalue weighted by Crippen LogP contribution is -2.35. The number of fused-ring (bicyclic) bond motifs is 1. The summed E-state index contributed by atoms with van der Waals surface area (Å²) in [7, 11) is 1.52. The van der Waals surface area contributed by atoms with E-state index < -0.39 is 0 Å². The Morgan fingerprint density at radius 2 is 2.00 bits per heavy atom. The van der Waals surface area contributed by atoms with Gasteiger partial charge in [0.1, 0.15) is 5.69 Å². The number of para-hydroxylation sites is 1. The molecule has 2 amide bonds. The highest BCUT2D eigenvalue weighted by Crippen LogP contribution is 2.22. The van der Waals surface area contributed by atoms with Crippen LogP contribution in [-0.4, -0.2) is 36.9 Å². The van der Waals surface area contributed by atoms with Crippen molar-refractivity contribution in [2.24, 2.45) is 0 Å². The van der Waals surface area contributed by atoms with Gasteiger partial charge in [-0.05, 0) is 19.1 Å². The van der Waals surface area contributed by atoms with Crippen LogP contribution in [0, 0.1) is 0 Å². The molecule has 0 aliphatic heterocycles. The average molecular weight is 286 g/mol. The number of hydrogen-bond acceptors (Lipinski definition) is 4. The highest BCUT2D eigenvalue weighted by atomic mass is 16.2. The van der Waals surface area contributed by atoms with Crippen molar-refractivity contribution in [1.29, 1.82) is 0 Å². The summed E-state index contributed by atoms with van der Waals surface area (Å²) in [5, 5.41) is 9.17. The van der Waals surface area contributed by atoms with Crippen LogP contribution in [0.3, 0.4) is 0 Å². The second-order valence-electron chi connectivity index (χ2n) is 4.46. The van der Waals surface area contributed by atoms with Crippen molar-refractivity contribution in [1.82, 2.24) is 15.6 Å². The van der Waals surface area contributed by atoms with E-state index in [1.807, 2.05) is 31.2 Å².